The maximum Gasteiger partial charge on any atom is 0.127 e. The fourth-order valence-corrected chi connectivity index (χ4v) is 3.30. The summed E-state index contributed by atoms with van der Waals surface area (Å²) in [5.41, 5.74) is 1.03. The lowest BCUT2D eigenvalue weighted by molar-refractivity contribution is 0.0475. The molecule has 1 aromatic carbocycles. The molecule has 1 saturated heterocycles. The van der Waals surface area contributed by atoms with Gasteiger partial charge in [-0.1, -0.05) is 6.07 Å². The third-order valence-corrected chi connectivity index (χ3v) is 4.32. The van der Waals surface area contributed by atoms with Crippen LogP contribution in [0.2, 0.25) is 0 Å². The molecule has 1 N–H and O–H groups in total. The molecule has 2 rings (SSSR count). The predicted molar refractivity (Wildman–Crippen MR) is 78.4 cm³/mol. The van der Waals surface area contributed by atoms with Crippen molar-refractivity contribution in [3.05, 3.63) is 23.8 Å². The van der Waals surface area contributed by atoms with Gasteiger partial charge in [0.2, 0.25) is 0 Å². The van der Waals surface area contributed by atoms with E-state index in [-0.39, 0.29) is 12.1 Å². The molecule has 1 heterocycles. The molecule has 0 saturated carbocycles. The van der Waals surface area contributed by atoms with Crippen molar-refractivity contribution in [2.75, 3.05) is 39.4 Å². The number of rotatable bonds is 5. The van der Waals surface area contributed by atoms with Crippen molar-refractivity contribution < 1.29 is 14.2 Å². The summed E-state index contributed by atoms with van der Waals surface area (Å²) in [7, 11) is 5.31. The van der Waals surface area contributed by atoms with Gasteiger partial charge < -0.3 is 19.5 Å². The number of hydrogen-bond acceptors (Lipinski definition) is 5. The van der Waals surface area contributed by atoms with Gasteiger partial charge >= 0.3 is 0 Å². The zero-order chi connectivity index (χ0) is 13.7. The number of nitrogens with one attached hydrogen (secondary N) is 1. The summed E-state index contributed by atoms with van der Waals surface area (Å²) in [6.45, 7) is 0.797. The molecule has 0 aliphatic carbocycles. The molecule has 0 spiro atoms. The minimum atomic E-state index is 0.0684. The van der Waals surface area contributed by atoms with E-state index in [1.54, 1.807) is 14.2 Å². The topological polar surface area (TPSA) is 39.7 Å². The van der Waals surface area contributed by atoms with Crippen molar-refractivity contribution in [2.45, 2.75) is 12.1 Å². The Morgan fingerprint density at radius 2 is 2.00 bits per heavy atom. The Kier molecular flexibility index (Phi) is 5.36. The fourth-order valence-electron chi connectivity index (χ4n) is 2.40. The van der Waals surface area contributed by atoms with Crippen LogP contribution >= 0.6 is 11.8 Å². The highest BCUT2D eigenvalue weighted by Crippen LogP contribution is 2.37. The van der Waals surface area contributed by atoms with Crippen LogP contribution in [-0.4, -0.2) is 45.5 Å². The van der Waals surface area contributed by atoms with Gasteiger partial charge in [0.05, 0.1) is 38.5 Å². The first-order chi connectivity index (χ1) is 9.31. The summed E-state index contributed by atoms with van der Waals surface area (Å²) < 4.78 is 16.8. The maximum atomic E-state index is 5.89. The van der Waals surface area contributed by atoms with Crippen LogP contribution in [0.5, 0.6) is 11.5 Å². The minimum Gasteiger partial charge on any atom is -0.496 e. The number of hydrogen-bond donors (Lipinski definition) is 1. The summed E-state index contributed by atoms with van der Waals surface area (Å²) in [6.07, 6.45) is 0.133. The van der Waals surface area contributed by atoms with Gasteiger partial charge in [-0.3, -0.25) is 0 Å². The lowest BCUT2D eigenvalue weighted by atomic mass is 10.00. The van der Waals surface area contributed by atoms with Crippen molar-refractivity contribution in [3.8, 4) is 11.5 Å². The molecule has 1 aromatic rings. The highest BCUT2D eigenvalue weighted by atomic mass is 32.2. The fraction of sp³-hybridized carbons (Fsp3) is 0.571. The van der Waals surface area contributed by atoms with E-state index in [2.05, 4.69) is 5.32 Å². The Morgan fingerprint density at radius 1 is 1.32 bits per heavy atom. The predicted octanol–water partition coefficient (Wildman–Crippen LogP) is 2.10. The molecule has 19 heavy (non-hydrogen) atoms. The van der Waals surface area contributed by atoms with Crippen LogP contribution in [0, 0.1) is 0 Å². The lowest BCUT2D eigenvalue weighted by Gasteiger charge is -2.31. The zero-order valence-corrected chi connectivity index (χ0v) is 12.5. The van der Waals surface area contributed by atoms with Gasteiger partial charge in [0.1, 0.15) is 11.5 Å². The molecule has 2 unspecified atom stereocenters. The van der Waals surface area contributed by atoms with Gasteiger partial charge in [0, 0.05) is 11.5 Å². The molecule has 0 amide bonds. The summed E-state index contributed by atoms with van der Waals surface area (Å²) in [4.78, 5) is 0. The third-order valence-electron chi connectivity index (χ3n) is 3.30. The molecule has 2 atom stereocenters. The molecule has 106 valence electrons. The molecule has 1 aliphatic rings. The highest BCUT2D eigenvalue weighted by molar-refractivity contribution is 7.99. The Balaban J connectivity index is 2.35. The first-order valence-electron chi connectivity index (χ1n) is 6.39. The first kappa shape index (κ1) is 14.5. The Morgan fingerprint density at radius 3 is 2.47 bits per heavy atom. The van der Waals surface area contributed by atoms with Gasteiger partial charge in [0.25, 0.3) is 0 Å². The second-order valence-corrected chi connectivity index (χ2v) is 5.48. The van der Waals surface area contributed by atoms with E-state index in [1.807, 2.05) is 37.0 Å². The van der Waals surface area contributed by atoms with Crippen LogP contribution in [0.1, 0.15) is 11.6 Å². The van der Waals surface area contributed by atoms with Crippen molar-refractivity contribution in [2.24, 2.45) is 0 Å². The Labute approximate surface area is 118 Å². The average Bonchev–Trinajstić information content (AvgIpc) is 2.49. The number of likely N-dealkylation sites (N-methyl/N-ethyl adjacent to an activating group) is 1. The lowest BCUT2D eigenvalue weighted by Crippen LogP contribution is -2.37. The maximum absolute atomic E-state index is 5.89. The Hall–Kier alpha value is -0.910. The second kappa shape index (κ2) is 7.03. The summed E-state index contributed by atoms with van der Waals surface area (Å²) in [5, 5.41) is 3.34. The van der Waals surface area contributed by atoms with Crippen LogP contribution in [0.4, 0.5) is 0 Å². The van der Waals surface area contributed by atoms with Crippen molar-refractivity contribution >= 4 is 11.8 Å². The van der Waals surface area contributed by atoms with Gasteiger partial charge in [-0.05, 0) is 19.2 Å². The molecule has 0 radical (unpaired) electrons. The van der Waals surface area contributed by atoms with Gasteiger partial charge in [-0.2, -0.15) is 11.8 Å². The summed E-state index contributed by atoms with van der Waals surface area (Å²) in [5.74, 6) is 3.71. The normalized spacial score (nSPS) is 20.9. The zero-order valence-electron chi connectivity index (χ0n) is 11.6. The highest BCUT2D eigenvalue weighted by Gasteiger charge is 2.29. The third kappa shape index (κ3) is 3.16. The standard InChI is InChI=1S/C14H21NO3S/c1-15-14(12-9-19-8-7-18-12)13-10(16-2)5-4-6-11(13)17-3/h4-6,12,14-15H,7-9H2,1-3H3. The molecule has 1 fully saturated rings. The SMILES string of the molecule is CNC(c1c(OC)cccc1OC)C1CSCCO1. The van der Waals surface area contributed by atoms with E-state index in [1.165, 1.54) is 0 Å². The van der Waals surface area contributed by atoms with Crippen LogP contribution in [-0.2, 0) is 4.74 Å². The molecular formula is C14H21NO3S. The van der Waals surface area contributed by atoms with Crippen LogP contribution < -0.4 is 14.8 Å². The minimum absolute atomic E-state index is 0.0684. The van der Waals surface area contributed by atoms with E-state index < -0.39 is 0 Å². The number of thioether (sulfide) groups is 1. The molecule has 5 heteroatoms. The molecule has 1 aliphatic heterocycles. The van der Waals surface area contributed by atoms with Gasteiger partial charge in [-0.25, -0.2) is 0 Å². The average molecular weight is 283 g/mol. The molecular weight excluding hydrogens is 262 g/mol. The second-order valence-electron chi connectivity index (χ2n) is 4.33. The number of ether oxygens (including phenoxy) is 3. The smallest absolute Gasteiger partial charge is 0.127 e. The van der Waals surface area contributed by atoms with Gasteiger partial charge in [-0.15, -0.1) is 0 Å². The monoisotopic (exact) mass is 283 g/mol. The Bertz CT molecular complexity index is 385. The summed E-state index contributed by atoms with van der Waals surface area (Å²) in [6, 6.07) is 5.92. The largest absolute Gasteiger partial charge is 0.496 e. The van der Waals surface area contributed by atoms with E-state index in [0.717, 1.165) is 35.2 Å². The van der Waals surface area contributed by atoms with E-state index in [4.69, 9.17) is 14.2 Å². The van der Waals surface area contributed by atoms with E-state index in [9.17, 15) is 0 Å². The number of benzene rings is 1. The van der Waals surface area contributed by atoms with Crippen molar-refractivity contribution in [3.63, 3.8) is 0 Å². The van der Waals surface area contributed by atoms with Gasteiger partial charge in [0.15, 0.2) is 0 Å². The van der Waals surface area contributed by atoms with E-state index in [0.29, 0.717) is 0 Å². The first-order valence-corrected chi connectivity index (χ1v) is 7.54. The van der Waals surface area contributed by atoms with E-state index >= 15 is 0 Å². The van der Waals surface area contributed by atoms with Crippen molar-refractivity contribution in [1.29, 1.82) is 0 Å². The van der Waals surface area contributed by atoms with Crippen LogP contribution in [0.25, 0.3) is 0 Å². The van der Waals surface area contributed by atoms with Crippen LogP contribution in [0.15, 0.2) is 18.2 Å². The van der Waals surface area contributed by atoms with Crippen molar-refractivity contribution in [1.82, 2.24) is 5.32 Å². The van der Waals surface area contributed by atoms with Crippen LogP contribution in [0.3, 0.4) is 0 Å². The summed E-state index contributed by atoms with van der Waals surface area (Å²) >= 11 is 1.92. The molecule has 0 aromatic heterocycles. The number of methoxy groups -OCH3 is 2. The molecule has 4 nitrogen and oxygen atoms in total. The molecule has 0 bridgehead atoms. The quantitative estimate of drug-likeness (QED) is 0.896.